The molecule has 0 fully saturated rings. The van der Waals surface area contributed by atoms with Crippen molar-refractivity contribution in [3.63, 3.8) is 0 Å². The molecule has 0 N–H and O–H groups in total. The molecule has 1 aromatic rings. The second-order valence-electron chi connectivity index (χ2n) is 2.18. The van der Waals surface area contributed by atoms with Crippen molar-refractivity contribution in [1.82, 2.24) is 4.98 Å². The molecule has 0 bridgehead atoms. The number of aromatic nitrogens is 1. The quantitative estimate of drug-likeness (QED) is 0.631. The van der Waals surface area contributed by atoms with E-state index in [1.807, 2.05) is 28.7 Å². The van der Waals surface area contributed by atoms with Crippen LogP contribution >= 0.6 is 22.6 Å². The van der Waals surface area contributed by atoms with Crippen LogP contribution in [0.3, 0.4) is 0 Å². The highest BCUT2D eigenvalue weighted by Gasteiger charge is 2.05. The van der Waals surface area contributed by atoms with Gasteiger partial charge in [0, 0.05) is 6.20 Å². The van der Waals surface area contributed by atoms with Crippen LogP contribution < -0.4 is 4.74 Å². The molecule has 1 aromatic heterocycles. The Bertz CT molecular complexity index is 357. The van der Waals surface area contributed by atoms with E-state index in [4.69, 9.17) is 10.00 Å². The van der Waals surface area contributed by atoms with Crippen LogP contribution in [0.2, 0.25) is 0 Å². The fraction of sp³-hybridized carbons (Fsp3) is 0.111. The van der Waals surface area contributed by atoms with Gasteiger partial charge in [-0.05, 0) is 28.7 Å². The lowest BCUT2D eigenvalue weighted by molar-refractivity contribution is 0.360. The summed E-state index contributed by atoms with van der Waals surface area (Å²) < 4.78 is 6.05. The maximum Gasteiger partial charge on any atom is 0.157 e. The van der Waals surface area contributed by atoms with Gasteiger partial charge in [-0.25, -0.2) is 4.98 Å². The second-order valence-corrected chi connectivity index (χ2v) is 3.26. The van der Waals surface area contributed by atoms with Crippen LogP contribution in [0.5, 0.6) is 5.75 Å². The normalized spacial score (nSPS) is 8.92. The summed E-state index contributed by atoms with van der Waals surface area (Å²) in [5.41, 5.74) is 0.391. The monoisotopic (exact) mass is 286 g/mol. The Morgan fingerprint density at radius 2 is 2.54 bits per heavy atom. The minimum atomic E-state index is 0.391. The van der Waals surface area contributed by atoms with Crippen LogP contribution in [-0.4, -0.2) is 11.6 Å². The smallest absolute Gasteiger partial charge is 0.157 e. The molecular formula is C9H7IN2O. The van der Waals surface area contributed by atoms with Gasteiger partial charge in [-0.1, -0.05) is 12.7 Å². The zero-order chi connectivity index (χ0) is 9.68. The molecule has 0 aliphatic heterocycles. The molecule has 3 nitrogen and oxygen atoms in total. The van der Waals surface area contributed by atoms with E-state index in [1.165, 1.54) is 0 Å². The first-order valence-corrected chi connectivity index (χ1v) is 4.65. The molecule has 66 valence electrons. The number of nitriles is 1. The average molecular weight is 286 g/mol. The van der Waals surface area contributed by atoms with E-state index < -0.39 is 0 Å². The lowest BCUT2D eigenvalue weighted by atomic mass is 10.3. The van der Waals surface area contributed by atoms with Gasteiger partial charge in [-0.15, -0.1) is 0 Å². The van der Waals surface area contributed by atoms with Gasteiger partial charge in [-0.2, -0.15) is 5.26 Å². The molecule has 0 aliphatic carbocycles. The number of halogens is 1. The third-order valence-electron chi connectivity index (χ3n) is 1.32. The predicted molar refractivity (Wildman–Crippen MR) is 57.4 cm³/mol. The third-order valence-corrected chi connectivity index (χ3v) is 2.36. The van der Waals surface area contributed by atoms with E-state index in [9.17, 15) is 0 Å². The van der Waals surface area contributed by atoms with Crippen molar-refractivity contribution in [3.05, 3.63) is 34.2 Å². The van der Waals surface area contributed by atoms with Crippen molar-refractivity contribution in [2.24, 2.45) is 0 Å². The Morgan fingerprint density at radius 3 is 3.15 bits per heavy atom. The van der Waals surface area contributed by atoms with Gasteiger partial charge in [-0.3, -0.25) is 0 Å². The summed E-state index contributed by atoms with van der Waals surface area (Å²) in [6.07, 6.45) is 3.21. The number of ether oxygens (including phenoxy) is 1. The molecule has 0 aliphatic rings. The van der Waals surface area contributed by atoms with E-state index in [-0.39, 0.29) is 0 Å². The first-order valence-electron chi connectivity index (χ1n) is 3.58. The van der Waals surface area contributed by atoms with Gasteiger partial charge >= 0.3 is 0 Å². The molecule has 4 heteroatoms. The van der Waals surface area contributed by atoms with Gasteiger partial charge < -0.3 is 4.74 Å². The summed E-state index contributed by atoms with van der Waals surface area (Å²) in [5.74, 6) is 0.673. The fourth-order valence-corrected chi connectivity index (χ4v) is 1.36. The maximum absolute atomic E-state index is 8.68. The molecule has 0 spiro atoms. The summed E-state index contributed by atoms with van der Waals surface area (Å²) in [6, 6.07) is 3.72. The predicted octanol–water partition coefficient (Wildman–Crippen LogP) is 2.12. The largest absolute Gasteiger partial charge is 0.488 e. The van der Waals surface area contributed by atoms with Crippen molar-refractivity contribution in [2.75, 3.05) is 6.61 Å². The lowest BCUT2D eigenvalue weighted by Crippen LogP contribution is -1.97. The fourth-order valence-electron chi connectivity index (χ4n) is 0.764. The van der Waals surface area contributed by atoms with Crippen LogP contribution in [0.25, 0.3) is 0 Å². The number of hydrogen-bond acceptors (Lipinski definition) is 3. The van der Waals surface area contributed by atoms with Crippen LogP contribution in [0.15, 0.2) is 24.9 Å². The molecular weight excluding hydrogens is 279 g/mol. The Labute approximate surface area is 90.2 Å². The summed E-state index contributed by atoms with van der Waals surface area (Å²) in [7, 11) is 0. The van der Waals surface area contributed by atoms with E-state index in [0.29, 0.717) is 18.1 Å². The number of rotatable bonds is 3. The van der Waals surface area contributed by atoms with Crippen LogP contribution in [-0.2, 0) is 0 Å². The van der Waals surface area contributed by atoms with E-state index in [1.54, 1.807) is 18.3 Å². The maximum atomic E-state index is 8.68. The molecule has 0 radical (unpaired) electrons. The molecule has 13 heavy (non-hydrogen) atoms. The highest BCUT2D eigenvalue weighted by molar-refractivity contribution is 14.1. The van der Waals surface area contributed by atoms with Gasteiger partial charge in [0.2, 0.25) is 0 Å². The second kappa shape index (κ2) is 4.82. The lowest BCUT2D eigenvalue weighted by Gasteiger charge is -2.05. The van der Waals surface area contributed by atoms with E-state index in [0.717, 1.165) is 3.57 Å². The Hall–Kier alpha value is -1.09. The van der Waals surface area contributed by atoms with E-state index >= 15 is 0 Å². The van der Waals surface area contributed by atoms with Gasteiger partial charge in [0.05, 0.1) is 3.57 Å². The van der Waals surface area contributed by atoms with Gasteiger partial charge in [0.1, 0.15) is 18.4 Å². The number of hydrogen-bond donors (Lipinski definition) is 0. The Morgan fingerprint density at radius 1 is 1.77 bits per heavy atom. The first kappa shape index (κ1) is 9.99. The van der Waals surface area contributed by atoms with Crippen molar-refractivity contribution >= 4 is 22.6 Å². The molecule has 1 rings (SSSR count). The Kier molecular flexibility index (Phi) is 3.71. The van der Waals surface area contributed by atoms with Crippen molar-refractivity contribution in [1.29, 1.82) is 5.26 Å². The topological polar surface area (TPSA) is 45.9 Å². The molecule has 0 unspecified atom stereocenters. The number of pyridine rings is 1. The molecule has 0 atom stereocenters. The van der Waals surface area contributed by atoms with Crippen molar-refractivity contribution < 1.29 is 4.74 Å². The van der Waals surface area contributed by atoms with Gasteiger partial charge in [0.15, 0.2) is 5.69 Å². The molecule has 1 heterocycles. The van der Waals surface area contributed by atoms with Crippen LogP contribution in [0.1, 0.15) is 5.69 Å². The first-order chi connectivity index (χ1) is 6.29. The van der Waals surface area contributed by atoms with Crippen LogP contribution in [0, 0.1) is 14.9 Å². The molecule has 0 amide bonds. The highest BCUT2D eigenvalue weighted by atomic mass is 127. The summed E-state index contributed by atoms with van der Waals surface area (Å²) in [5, 5.41) is 8.68. The van der Waals surface area contributed by atoms with Crippen molar-refractivity contribution in [2.45, 2.75) is 0 Å². The molecule has 0 saturated carbocycles. The Balaban J connectivity index is 2.95. The minimum absolute atomic E-state index is 0.391. The summed E-state index contributed by atoms with van der Waals surface area (Å²) in [6.45, 7) is 3.98. The van der Waals surface area contributed by atoms with Gasteiger partial charge in [0.25, 0.3) is 0 Å². The zero-order valence-corrected chi connectivity index (χ0v) is 8.98. The summed E-state index contributed by atoms with van der Waals surface area (Å²) >= 11 is 2.04. The van der Waals surface area contributed by atoms with E-state index in [2.05, 4.69) is 11.6 Å². The number of nitrogens with zero attached hydrogens (tertiary/aromatic N) is 2. The average Bonchev–Trinajstić information content (AvgIpc) is 2.16. The highest BCUT2D eigenvalue weighted by Crippen LogP contribution is 2.21. The third kappa shape index (κ3) is 2.42. The summed E-state index contributed by atoms with van der Waals surface area (Å²) in [4.78, 5) is 3.89. The standard InChI is InChI=1S/C9H7IN2O/c1-2-5-13-8-3-4-12-7(6-11)9(8)10/h2-4H,1,5H2. The molecule has 0 saturated heterocycles. The zero-order valence-electron chi connectivity index (χ0n) is 6.83. The minimum Gasteiger partial charge on any atom is -0.488 e. The molecule has 0 aromatic carbocycles. The van der Waals surface area contributed by atoms with Crippen molar-refractivity contribution in [3.8, 4) is 11.8 Å². The SMILES string of the molecule is C=CCOc1ccnc(C#N)c1I. The van der Waals surface area contributed by atoms with Crippen LogP contribution in [0.4, 0.5) is 0 Å².